The lowest BCUT2D eigenvalue weighted by molar-refractivity contribution is 0.446. The van der Waals surface area contributed by atoms with E-state index in [9.17, 15) is 8.42 Å². The van der Waals surface area contributed by atoms with Gasteiger partial charge in [-0.15, -0.1) is 0 Å². The van der Waals surface area contributed by atoms with Crippen LogP contribution in [0.15, 0.2) is 17.2 Å². The fourth-order valence-electron chi connectivity index (χ4n) is 3.77. The monoisotopic (exact) mass is 376 g/mol. The van der Waals surface area contributed by atoms with Crippen LogP contribution < -0.4 is 10.2 Å². The highest BCUT2D eigenvalue weighted by Gasteiger charge is 2.27. The number of nitrogens with one attached hydrogen (secondary N) is 1. The third-order valence-electron chi connectivity index (χ3n) is 5.06. The molecule has 4 heterocycles. The molecule has 1 N–H and O–H groups in total. The quantitative estimate of drug-likeness (QED) is 0.850. The van der Waals surface area contributed by atoms with Crippen molar-refractivity contribution in [1.82, 2.24) is 25.1 Å². The molecule has 140 valence electrons. The number of aryl methyl sites for hydroxylation is 1. The highest BCUT2D eigenvalue weighted by molar-refractivity contribution is 7.90. The van der Waals surface area contributed by atoms with Crippen molar-refractivity contribution in [2.75, 3.05) is 30.8 Å². The predicted octanol–water partition coefficient (Wildman–Crippen LogP) is 0.872. The minimum Gasteiger partial charge on any atom is -0.333 e. The summed E-state index contributed by atoms with van der Waals surface area (Å²) in [6, 6.07) is 2.07. The molecule has 2 aliphatic rings. The summed E-state index contributed by atoms with van der Waals surface area (Å²) < 4.78 is 26.5. The minimum absolute atomic E-state index is 0.104. The van der Waals surface area contributed by atoms with Crippen molar-refractivity contribution < 1.29 is 8.42 Å². The number of piperidine rings is 1. The van der Waals surface area contributed by atoms with Gasteiger partial charge in [0.15, 0.2) is 9.84 Å². The Balaban J connectivity index is 1.69. The summed E-state index contributed by atoms with van der Waals surface area (Å²) in [5.74, 6) is 0.705. The third-order valence-corrected chi connectivity index (χ3v) is 6.17. The van der Waals surface area contributed by atoms with Crippen molar-refractivity contribution in [3.63, 3.8) is 0 Å². The van der Waals surface area contributed by atoms with Gasteiger partial charge in [0, 0.05) is 25.3 Å². The molecular weight excluding hydrogens is 352 g/mol. The Labute approximate surface area is 153 Å². The number of fused-ring (bicyclic) bond motifs is 1. The van der Waals surface area contributed by atoms with Crippen molar-refractivity contribution in [3.8, 4) is 0 Å². The molecule has 2 aromatic heterocycles. The van der Waals surface area contributed by atoms with Crippen molar-refractivity contribution in [2.45, 2.75) is 43.7 Å². The van der Waals surface area contributed by atoms with Crippen LogP contribution in [0.5, 0.6) is 0 Å². The Kier molecular flexibility index (Phi) is 4.44. The van der Waals surface area contributed by atoms with Crippen LogP contribution in [-0.2, 0) is 22.9 Å². The lowest BCUT2D eigenvalue weighted by atomic mass is 9.96. The third kappa shape index (κ3) is 3.33. The molecule has 1 fully saturated rings. The average Bonchev–Trinajstić information content (AvgIpc) is 3.00. The smallest absolute Gasteiger partial charge is 0.226 e. The zero-order valence-electron chi connectivity index (χ0n) is 15.1. The fraction of sp³-hybridized carbons (Fsp3) is 0.588. The summed E-state index contributed by atoms with van der Waals surface area (Å²) in [6.45, 7) is 5.93. The maximum Gasteiger partial charge on any atom is 0.226 e. The van der Waals surface area contributed by atoms with Crippen LogP contribution in [0.4, 0.5) is 5.95 Å². The fourth-order valence-corrected chi connectivity index (χ4v) is 4.61. The van der Waals surface area contributed by atoms with E-state index in [0.29, 0.717) is 18.2 Å². The Morgan fingerprint density at radius 1 is 1.31 bits per heavy atom. The number of hydrogen-bond donors (Lipinski definition) is 1. The molecule has 0 spiro atoms. The normalized spacial score (nSPS) is 20.8. The van der Waals surface area contributed by atoms with Crippen molar-refractivity contribution >= 4 is 15.8 Å². The molecule has 1 saturated heterocycles. The molecule has 0 unspecified atom stereocenters. The summed E-state index contributed by atoms with van der Waals surface area (Å²) in [6.07, 6.45) is 4.68. The molecule has 1 atom stereocenters. The zero-order valence-corrected chi connectivity index (χ0v) is 16.0. The largest absolute Gasteiger partial charge is 0.333 e. The van der Waals surface area contributed by atoms with Crippen LogP contribution in [0.25, 0.3) is 0 Å². The number of sulfone groups is 1. The lowest BCUT2D eigenvalue weighted by Gasteiger charge is -2.29. The number of hydrogen-bond acceptors (Lipinski definition) is 7. The second-order valence-electron chi connectivity index (χ2n) is 7.16. The van der Waals surface area contributed by atoms with Gasteiger partial charge in [-0.2, -0.15) is 5.10 Å². The van der Waals surface area contributed by atoms with Gasteiger partial charge in [0.2, 0.25) is 5.95 Å². The second kappa shape index (κ2) is 6.62. The lowest BCUT2D eigenvalue weighted by Crippen LogP contribution is -2.36. The van der Waals surface area contributed by atoms with Crippen LogP contribution in [0.1, 0.15) is 35.8 Å². The van der Waals surface area contributed by atoms with Gasteiger partial charge in [-0.3, -0.25) is 4.68 Å². The van der Waals surface area contributed by atoms with Gasteiger partial charge in [0.25, 0.3) is 0 Å². The molecule has 0 aliphatic carbocycles. The van der Waals surface area contributed by atoms with Crippen molar-refractivity contribution in [2.24, 2.45) is 0 Å². The van der Waals surface area contributed by atoms with Crippen LogP contribution in [-0.4, -0.2) is 54.1 Å². The van der Waals surface area contributed by atoms with Gasteiger partial charge in [-0.25, -0.2) is 18.4 Å². The highest BCUT2D eigenvalue weighted by Crippen LogP contribution is 2.29. The average molecular weight is 376 g/mol. The Morgan fingerprint density at radius 2 is 2.15 bits per heavy atom. The van der Waals surface area contributed by atoms with E-state index in [1.54, 1.807) is 0 Å². The van der Waals surface area contributed by atoms with Gasteiger partial charge in [-0.05, 0) is 32.4 Å². The van der Waals surface area contributed by atoms with Crippen molar-refractivity contribution in [3.05, 3.63) is 29.3 Å². The standard InChI is InChI=1S/C17H24N6O2S/c1-12-8-14-11-22(6-7-23(14)21-12)17-19-10-15(26(2,24)25)16(20-17)13-4-3-5-18-9-13/h8,10,13,18H,3-7,9,11H2,1-2H3/t13-/m0/s1. The van der Waals surface area contributed by atoms with E-state index in [-0.39, 0.29) is 10.8 Å². The topological polar surface area (TPSA) is 93.0 Å². The van der Waals surface area contributed by atoms with Crippen LogP contribution in [0.2, 0.25) is 0 Å². The molecule has 2 aromatic rings. The number of aromatic nitrogens is 4. The molecule has 0 amide bonds. The first kappa shape index (κ1) is 17.4. The molecule has 0 aromatic carbocycles. The number of nitrogens with zero attached hydrogens (tertiary/aromatic N) is 5. The SMILES string of the molecule is Cc1cc2n(n1)CCN(c1ncc(S(C)(=O)=O)c([C@H]3CCCNC3)n1)C2. The molecule has 0 saturated carbocycles. The molecular formula is C17H24N6O2S. The van der Waals surface area contributed by atoms with Crippen LogP contribution in [0, 0.1) is 6.92 Å². The first-order chi connectivity index (χ1) is 12.4. The summed E-state index contributed by atoms with van der Waals surface area (Å²) in [4.78, 5) is 11.5. The maximum atomic E-state index is 12.2. The van der Waals surface area contributed by atoms with E-state index >= 15 is 0 Å². The summed E-state index contributed by atoms with van der Waals surface area (Å²) in [7, 11) is -3.36. The van der Waals surface area contributed by atoms with Crippen molar-refractivity contribution in [1.29, 1.82) is 0 Å². The first-order valence-corrected chi connectivity index (χ1v) is 10.9. The van der Waals surface area contributed by atoms with E-state index in [2.05, 4.69) is 26.4 Å². The number of anilines is 1. The number of rotatable bonds is 3. The summed E-state index contributed by atoms with van der Waals surface area (Å²) >= 11 is 0. The van der Waals surface area contributed by atoms with E-state index in [0.717, 1.165) is 50.4 Å². The Hall–Kier alpha value is -2.00. The summed E-state index contributed by atoms with van der Waals surface area (Å²) in [5, 5.41) is 7.82. The van der Waals surface area contributed by atoms with E-state index in [1.807, 2.05) is 11.6 Å². The van der Waals surface area contributed by atoms with Gasteiger partial charge < -0.3 is 10.2 Å². The molecule has 9 heteroatoms. The molecule has 2 aliphatic heterocycles. The Morgan fingerprint density at radius 3 is 2.88 bits per heavy atom. The molecule has 4 rings (SSSR count). The molecule has 26 heavy (non-hydrogen) atoms. The van der Waals surface area contributed by atoms with E-state index in [4.69, 9.17) is 4.98 Å². The highest BCUT2D eigenvalue weighted by atomic mass is 32.2. The molecule has 0 bridgehead atoms. The van der Waals surface area contributed by atoms with Gasteiger partial charge >= 0.3 is 0 Å². The zero-order chi connectivity index (χ0) is 18.3. The minimum atomic E-state index is -3.36. The van der Waals surface area contributed by atoms with Crippen LogP contribution >= 0.6 is 0 Å². The predicted molar refractivity (Wildman–Crippen MR) is 98.0 cm³/mol. The first-order valence-electron chi connectivity index (χ1n) is 8.98. The van der Waals surface area contributed by atoms with Gasteiger partial charge in [0.1, 0.15) is 4.90 Å². The second-order valence-corrected chi connectivity index (χ2v) is 9.14. The van der Waals surface area contributed by atoms with Gasteiger partial charge in [0.05, 0.1) is 36.4 Å². The molecule has 8 nitrogen and oxygen atoms in total. The molecule has 0 radical (unpaired) electrons. The summed E-state index contributed by atoms with van der Waals surface area (Å²) in [5.41, 5.74) is 2.79. The Bertz CT molecular complexity index is 917. The van der Waals surface area contributed by atoms with Crippen LogP contribution in [0.3, 0.4) is 0 Å². The van der Waals surface area contributed by atoms with Gasteiger partial charge in [-0.1, -0.05) is 0 Å². The van der Waals surface area contributed by atoms with E-state index < -0.39 is 9.84 Å². The van der Waals surface area contributed by atoms with E-state index in [1.165, 1.54) is 12.5 Å². The maximum absolute atomic E-state index is 12.2.